The predicted molar refractivity (Wildman–Crippen MR) is 90.4 cm³/mol. The molecule has 0 radical (unpaired) electrons. The van der Waals surface area contributed by atoms with Crippen LogP contribution in [-0.4, -0.2) is 51.9 Å². The van der Waals surface area contributed by atoms with Gasteiger partial charge in [-0.3, -0.25) is 9.69 Å². The van der Waals surface area contributed by atoms with Gasteiger partial charge in [-0.05, 0) is 32.5 Å². The molecule has 6 nitrogen and oxygen atoms in total. The van der Waals surface area contributed by atoms with Crippen molar-refractivity contribution < 1.29 is 9.84 Å². The Morgan fingerprint density at radius 3 is 2.78 bits per heavy atom. The summed E-state index contributed by atoms with van der Waals surface area (Å²) in [5, 5.41) is 10.6. The molecule has 1 unspecified atom stereocenters. The number of benzene rings is 1. The second-order valence-corrected chi connectivity index (χ2v) is 5.89. The standard InChI is InChI=1S/C17H25N3O3/c1-4-20(9-13(21)11-23-12(2)3)10-16-18-15-8-6-5-7-14(15)17(22)19-16/h5-8,12-13,21H,4,9-11H2,1-3H3,(H,18,19,22). The molecule has 1 heterocycles. The first-order chi connectivity index (χ1) is 11.0. The van der Waals surface area contributed by atoms with E-state index in [0.29, 0.717) is 36.4 Å². The predicted octanol–water partition coefficient (Wildman–Crippen LogP) is 1.53. The van der Waals surface area contributed by atoms with Crippen LogP contribution in [0, 0.1) is 0 Å². The Morgan fingerprint density at radius 1 is 1.35 bits per heavy atom. The number of aliphatic hydroxyl groups excluding tert-OH is 1. The van der Waals surface area contributed by atoms with Crippen LogP contribution in [-0.2, 0) is 11.3 Å². The number of hydrogen-bond acceptors (Lipinski definition) is 5. The number of aromatic nitrogens is 2. The van der Waals surface area contributed by atoms with Gasteiger partial charge in [-0.2, -0.15) is 0 Å². The summed E-state index contributed by atoms with van der Waals surface area (Å²) in [5.74, 6) is 0.604. The molecule has 0 aliphatic carbocycles. The van der Waals surface area contributed by atoms with Crippen molar-refractivity contribution in [1.29, 1.82) is 0 Å². The number of para-hydroxylation sites is 1. The highest BCUT2D eigenvalue weighted by atomic mass is 16.5. The van der Waals surface area contributed by atoms with Crippen molar-refractivity contribution in [2.75, 3.05) is 19.7 Å². The zero-order chi connectivity index (χ0) is 16.8. The zero-order valence-electron chi connectivity index (χ0n) is 14.0. The van der Waals surface area contributed by atoms with Gasteiger partial charge in [0.1, 0.15) is 5.82 Å². The van der Waals surface area contributed by atoms with E-state index in [1.165, 1.54) is 0 Å². The first-order valence-electron chi connectivity index (χ1n) is 7.99. The fraction of sp³-hybridized carbons (Fsp3) is 0.529. The van der Waals surface area contributed by atoms with Crippen molar-refractivity contribution >= 4 is 10.9 Å². The number of ether oxygens (including phenoxy) is 1. The quantitative estimate of drug-likeness (QED) is 0.771. The lowest BCUT2D eigenvalue weighted by atomic mass is 10.2. The summed E-state index contributed by atoms with van der Waals surface area (Å²) in [6, 6.07) is 7.27. The van der Waals surface area contributed by atoms with E-state index in [2.05, 4.69) is 9.97 Å². The molecule has 6 heteroatoms. The number of aliphatic hydroxyl groups is 1. The Kier molecular flexibility index (Phi) is 6.27. The average molecular weight is 319 g/mol. The number of nitrogens with one attached hydrogen (secondary N) is 1. The maximum atomic E-state index is 12.1. The fourth-order valence-corrected chi connectivity index (χ4v) is 2.38. The highest BCUT2D eigenvalue weighted by Crippen LogP contribution is 2.07. The highest BCUT2D eigenvalue weighted by molar-refractivity contribution is 5.77. The minimum atomic E-state index is -0.565. The molecule has 0 aliphatic rings. The normalized spacial score (nSPS) is 13.1. The van der Waals surface area contributed by atoms with Crippen molar-refractivity contribution in [2.45, 2.75) is 39.5 Å². The second-order valence-electron chi connectivity index (χ2n) is 5.89. The number of H-pyrrole nitrogens is 1. The van der Waals surface area contributed by atoms with Crippen LogP contribution in [0.3, 0.4) is 0 Å². The summed E-state index contributed by atoms with van der Waals surface area (Å²) in [5.41, 5.74) is 0.552. The molecule has 0 saturated carbocycles. The van der Waals surface area contributed by atoms with E-state index in [4.69, 9.17) is 4.74 Å². The van der Waals surface area contributed by atoms with Crippen molar-refractivity contribution in [2.24, 2.45) is 0 Å². The van der Waals surface area contributed by atoms with Crippen LogP contribution in [0.15, 0.2) is 29.1 Å². The van der Waals surface area contributed by atoms with Gasteiger partial charge in [0.2, 0.25) is 0 Å². The maximum Gasteiger partial charge on any atom is 0.258 e. The van der Waals surface area contributed by atoms with Crippen molar-refractivity contribution in [3.63, 3.8) is 0 Å². The lowest BCUT2D eigenvalue weighted by molar-refractivity contribution is -0.00912. The van der Waals surface area contributed by atoms with Crippen LogP contribution < -0.4 is 5.56 Å². The van der Waals surface area contributed by atoms with E-state index in [1.807, 2.05) is 43.9 Å². The molecule has 2 rings (SSSR count). The molecule has 1 aromatic heterocycles. The summed E-state index contributed by atoms with van der Waals surface area (Å²) in [6.45, 7) is 7.89. The van der Waals surface area contributed by atoms with Gasteiger partial charge < -0.3 is 14.8 Å². The van der Waals surface area contributed by atoms with E-state index in [0.717, 1.165) is 6.54 Å². The number of nitrogens with zero attached hydrogens (tertiary/aromatic N) is 2. The van der Waals surface area contributed by atoms with E-state index in [9.17, 15) is 9.90 Å². The third kappa shape index (κ3) is 5.13. The first-order valence-corrected chi connectivity index (χ1v) is 7.99. The second kappa shape index (κ2) is 8.19. The average Bonchev–Trinajstić information content (AvgIpc) is 2.52. The summed E-state index contributed by atoms with van der Waals surface area (Å²) in [7, 11) is 0. The Morgan fingerprint density at radius 2 is 2.09 bits per heavy atom. The molecule has 0 aliphatic heterocycles. The van der Waals surface area contributed by atoms with E-state index in [-0.39, 0.29) is 11.7 Å². The van der Waals surface area contributed by atoms with Crippen LogP contribution in [0.5, 0.6) is 0 Å². The lowest BCUT2D eigenvalue weighted by Gasteiger charge is -2.23. The van der Waals surface area contributed by atoms with Crippen molar-refractivity contribution in [1.82, 2.24) is 14.9 Å². The molecule has 1 atom stereocenters. The number of likely N-dealkylation sites (N-methyl/N-ethyl adjacent to an activating group) is 1. The molecule has 2 aromatic rings. The van der Waals surface area contributed by atoms with E-state index < -0.39 is 6.10 Å². The minimum Gasteiger partial charge on any atom is -0.389 e. The summed E-state index contributed by atoms with van der Waals surface area (Å²) < 4.78 is 5.43. The van der Waals surface area contributed by atoms with Crippen LogP contribution >= 0.6 is 0 Å². The molecule has 23 heavy (non-hydrogen) atoms. The molecule has 0 spiro atoms. The van der Waals surface area contributed by atoms with Gasteiger partial charge in [0, 0.05) is 6.54 Å². The van der Waals surface area contributed by atoms with Crippen LogP contribution in [0.4, 0.5) is 0 Å². The van der Waals surface area contributed by atoms with Gasteiger partial charge >= 0.3 is 0 Å². The molecule has 0 amide bonds. The largest absolute Gasteiger partial charge is 0.389 e. The van der Waals surface area contributed by atoms with Crippen LogP contribution in [0.25, 0.3) is 10.9 Å². The smallest absolute Gasteiger partial charge is 0.258 e. The number of aromatic amines is 1. The van der Waals surface area contributed by atoms with Crippen molar-refractivity contribution in [3.05, 3.63) is 40.4 Å². The minimum absolute atomic E-state index is 0.0956. The Balaban J connectivity index is 2.05. The third-order valence-electron chi connectivity index (χ3n) is 3.57. The molecular formula is C17H25N3O3. The molecular weight excluding hydrogens is 294 g/mol. The Bertz CT molecular complexity index is 684. The number of fused-ring (bicyclic) bond motifs is 1. The van der Waals surface area contributed by atoms with Gasteiger partial charge in [-0.25, -0.2) is 4.98 Å². The van der Waals surface area contributed by atoms with Gasteiger partial charge in [-0.15, -0.1) is 0 Å². The van der Waals surface area contributed by atoms with Gasteiger partial charge in [0.25, 0.3) is 5.56 Å². The molecule has 0 fully saturated rings. The van der Waals surface area contributed by atoms with Gasteiger partial charge in [-0.1, -0.05) is 19.1 Å². The molecule has 0 saturated heterocycles. The topological polar surface area (TPSA) is 78.5 Å². The molecule has 2 N–H and O–H groups in total. The number of hydrogen-bond donors (Lipinski definition) is 2. The molecule has 1 aromatic carbocycles. The maximum absolute atomic E-state index is 12.1. The summed E-state index contributed by atoms with van der Waals surface area (Å²) in [6.07, 6.45) is -0.470. The Hall–Kier alpha value is -1.76. The Labute approximate surface area is 136 Å². The molecule has 0 bridgehead atoms. The SMILES string of the molecule is CCN(Cc1nc2ccccc2c(=O)[nH]1)CC(O)COC(C)C. The summed E-state index contributed by atoms with van der Waals surface area (Å²) in [4.78, 5) is 21.4. The fourth-order valence-electron chi connectivity index (χ4n) is 2.38. The van der Waals surface area contributed by atoms with Crippen LogP contribution in [0.2, 0.25) is 0 Å². The number of rotatable bonds is 8. The van der Waals surface area contributed by atoms with E-state index >= 15 is 0 Å². The monoisotopic (exact) mass is 319 g/mol. The first kappa shape index (κ1) is 17.6. The van der Waals surface area contributed by atoms with Crippen molar-refractivity contribution in [3.8, 4) is 0 Å². The lowest BCUT2D eigenvalue weighted by Crippen LogP contribution is -2.35. The van der Waals surface area contributed by atoms with E-state index in [1.54, 1.807) is 6.07 Å². The molecule has 126 valence electrons. The van der Waals surface area contributed by atoms with Gasteiger partial charge in [0.15, 0.2) is 0 Å². The zero-order valence-corrected chi connectivity index (χ0v) is 14.0. The third-order valence-corrected chi connectivity index (χ3v) is 3.57. The van der Waals surface area contributed by atoms with Gasteiger partial charge in [0.05, 0.1) is 36.3 Å². The summed E-state index contributed by atoms with van der Waals surface area (Å²) >= 11 is 0. The van der Waals surface area contributed by atoms with Crippen LogP contribution in [0.1, 0.15) is 26.6 Å². The highest BCUT2D eigenvalue weighted by Gasteiger charge is 2.13.